The summed E-state index contributed by atoms with van der Waals surface area (Å²) in [5.74, 6) is -0.371. The Bertz CT molecular complexity index is 464. The third-order valence-electron chi connectivity index (χ3n) is 3.06. The van der Waals surface area contributed by atoms with E-state index in [0.717, 1.165) is 12.1 Å². The number of halogens is 2. The monoisotopic (exact) mass is 300 g/mol. The molecule has 5 heteroatoms. The lowest BCUT2D eigenvalue weighted by Gasteiger charge is -2.35. The van der Waals surface area contributed by atoms with Crippen molar-refractivity contribution in [3.63, 3.8) is 0 Å². The maximum Gasteiger partial charge on any atom is 0.243 e. The molecule has 3 nitrogen and oxygen atoms in total. The quantitative estimate of drug-likeness (QED) is 0.910. The molecule has 0 saturated carbocycles. The fourth-order valence-electron chi connectivity index (χ4n) is 1.92. The van der Waals surface area contributed by atoms with Gasteiger partial charge in [0.15, 0.2) is 0 Å². The molecule has 0 bridgehead atoms. The van der Waals surface area contributed by atoms with E-state index in [-0.39, 0.29) is 24.3 Å². The molecule has 0 aliphatic carbocycles. The number of carbonyl (C=O) groups is 1. The normalized spacial score (nSPS) is 16.5. The van der Waals surface area contributed by atoms with Crippen LogP contribution in [0.25, 0.3) is 0 Å². The zero-order valence-electron chi connectivity index (χ0n) is 9.76. The third kappa shape index (κ3) is 2.29. The van der Waals surface area contributed by atoms with E-state index in [0.29, 0.717) is 10.2 Å². The lowest BCUT2D eigenvalue weighted by molar-refractivity contribution is -0.115. The molecule has 17 heavy (non-hydrogen) atoms. The van der Waals surface area contributed by atoms with Crippen LogP contribution in [-0.2, 0) is 4.79 Å². The Labute approximate surface area is 108 Å². The maximum absolute atomic E-state index is 13.6. The van der Waals surface area contributed by atoms with Crippen molar-refractivity contribution in [2.75, 3.05) is 16.8 Å². The van der Waals surface area contributed by atoms with Crippen LogP contribution in [0.15, 0.2) is 16.6 Å². The summed E-state index contributed by atoms with van der Waals surface area (Å²) < 4.78 is 13.9. The van der Waals surface area contributed by atoms with Crippen LogP contribution in [0.1, 0.15) is 20.3 Å². The third-order valence-corrected chi connectivity index (χ3v) is 3.67. The molecule has 1 aliphatic rings. The fourth-order valence-corrected chi connectivity index (χ4v) is 2.26. The molecule has 0 radical (unpaired) electrons. The zero-order chi connectivity index (χ0) is 12.6. The molecule has 92 valence electrons. The summed E-state index contributed by atoms with van der Waals surface area (Å²) in [7, 11) is 0. The van der Waals surface area contributed by atoms with Gasteiger partial charge in [0.25, 0.3) is 0 Å². The van der Waals surface area contributed by atoms with E-state index in [1.807, 2.05) is 18.7 Å². The van der Waals surface area contributed by atoms with E-state index >= 15 is 0 Å². The van der Waals surface area contributed by atoms with E-state index in [1.165, 1.54) is 6.07 Å². The van der Waals surface area contributed by atoms with Crippen molar-refractivity contribution in [1.29, 1.82) is 0 Å². The summed E-state index contributed by atoms with van der Waals surface area (Å²) in [6, 6.07) is 3.28. The number of carbonyl (C=O) groups excluding carboxylic acids is 1. The number of hydrogen-bond donors (Lipinski definition) is 1. The van der Waals surface area contributed by atoms with Crippen molar-refractivity contribution in [2.45, 2.75) is 26.3 Å². The largest absolute Gasteiger partial charge is 0.358 e. The summed E-state index contributed by atoms with van der Waals surface area (Å²) in [6.45, 7) is 4.36. The molecule has 1 N–H and O–H groups in total. The molecule has 2 rings (SSSR count). The Morgan fingerprint density at radius 3 is 2.94 bits per heavy atom. The first-order valence-corrected chi connectivity index (χ1v) is 6.37. The SMILES string of the molecule is CCC(C)N1CC(=O)Nc2cc(Br)c(F)cc21. The summed E-state index contributed by atoms with van der Waals surface area (Å²) >= 11 is 3.12. The molecular formula is C12H14BrFN2O. The molecule has 1 aliphatic heterocycles. The molecule has 0 aromatic heterocycles. The Morgan fingerprint density at radius 1 is 1.59 bits per heavy atom. The molecule has 1 aromatic carbocycles. The average Bonchev–Trinajstić information content (AvgIpc) is 2.29. The van der Waals surface area contributed by atoms with Crippen LogP contribution in [0.5, 0.6) is 0 Å². The highest BCUT2D eigenvalue weighted by Gasteiger charge is 2.26. The van der Waals surface area contributed by atoms with Gasteiger partial charge in [-0.2, -0.15) is 0 Å². The van der Waals surface area contributed by atoms with Crippen molar-refractivity contribution < 1.29 is 9.18 Å². The van der Waals surface area contributed by atoms with Gasteiger partial charge in [0.2, 0.25) is 5.91 Å². The molecule has 1 unspecified atom stereocenters. The number of fused-ring (bicyclic) bond motifs is 1. The fraction of sp³-hybridized carbons (Fsp3) is 0.417. The number of nitrogens with zero attached hydrogens (tertiary/aromatic N) is 1. The van der Waals surface area contributed by atoms with Crippen LogP contribution in [0.4, 0.5) is 15.8 Å². The van der Waals surface area contributed by atoms with E-state index < -0.39 is 0 Å². The highest BCUT2D eigenvalue weighted by atomic mass is 79.9. The standard InChI is InChI=1S/C12H14BrFN2O/c1-3-7(2)16-6-12(17)15-10-4-8(13)9(14)5-11(10)16/h4-5,7H,3,6H2,1-2H3,(H,15,17). The van der Waals surface area contributed by atoms with E-state index in [2.05, 4.69) is 21.2 Å². The second kappa shape index (κ2) is 4.64. The van der Waals surface area contributed by atoms with Crippen LogP contribution in [-0.4, -0.2) is 18.5 Å². The average molecular weight is 301 g/mol. The van der Waals surface area contributed by atoms with Gasteiger partial charge < -0.3 is 10.2 Å². The number of amides is 1. The van der Waals surface area contributed by atoms with Gasteiger partial charge in [-0.3, -0.25) is 4.79 Å². The van der Waals surface area contributed by atoms with Gasteiger partial charge in [-0.15, -0.1) is 0 Å². The molecule has 0 saturated heterocycles. The minimum absolute atomic E-state index is 0.0590. The predicted molar refractivity (Wildman–Crippen MR) is 69.8 cm³/mol. The number of rotatable bonds is 2. The summed E-state index contributed by atoms with van der Waals surface area (Å²) in [5.41, 5.74) is 1.41. The topological polar surface area (TPSA) is 32.3 Å². The summed E-state index contributed by atoms with van der Waals surface area (Å²) in [6.07, 6.45) is 0.907. The second-order valence-electron chi connectivity index (χ2n) is 4.22. The summed E-state index contributed by atoms with van der Waals surface area (Å²) in [4.78, 5) is 13.5. The highest BCUT2D eigenvalue weighted by molar-refractivity contribution is 9.10. The minimum atomic E-state index is -0.312. The van der Waals surface area contributed by atoms with Gasteiger partial charge in [-0.1, -0.05) is 6.92 Å². The van der Waals surface area contributed by atoms with Gasteiger partial charge in [-0.25, -0.2) is 4.39 Å². The molecule has 1 atom stereocenters. The van der Waals surface area contributed by atoms with Crippen LogP contribution < -0.4 is 10.2 Å². The molecule has 1 amide bonds. The van der Waals surface area contributed by atoms with Crippen molar-refractivity contribution in [3.05, 3.63) is 22.4 Å². The Balaban J connectivity index is 2.48. The van der Waals surface area contributed by atoms with Gasteiger partial charge in [0.05, 0.1) is 22.4 Å². The molecular weight excluding hydrogens is 287 g/mol. The molecule has 0 spiro atoms. The van der Waals surface area contributed by atoms with Gasteiger partial charge in [-0.05, 0) is 35.3 Å². The van der Waals surface area contributed by atoms with Crippen molar-refractivity contribution in [2.24, 2.45) is 0 Å². The second-order valence-corrected chi connectivity index (χ2v) is 5.07. The van der Waals surface area contributed by atoms with Gasteiger partial charge >= 0.3 is 0 Å². The van der Waals surface area contributed by atoms with E-state index in [9.17, 15) is 9.18 Å². The Kier molecular flexibility index (Phi) is 3.38. The number of anilines is 2. The first-order valence-electron chi connectivity index (χ1n) is 5.58. The van der Waals surface area contributed by atoms with Crippen molar-refractivity contribution >= 4 is 33.2 Å². The van der Waals surface area contributed by atoms with Crippen LogP contribution in [0, 0.1) is 5.82 Å². The zero-order valence-corrected chi connectivity index (χ0v) is 11.3. The van der Waals surface area contributed by atoms with Gasteiger partial charge in [0.1, 0.15) is 5.82 Å². The van der Waals surface area contributed by atoms with Crippen LogP contribution in [0.3, 0.4) is 0 Å². The Hall–Kier alpha value is -1.10. The van der Waals surface area contributed by atoms with Crippen LogP contribution >= 0.6 is 15.9 Å². The van der Waals surface area contributed by atoms with Crippen LogP contribution in [0.2, 0.25) is 0 Å². The lowest BCUT2D eigenvalue weighted by atomic mass is 10.1. The number of hydrogen-bond acceptors (Lipinski definition) is 2. The molecule has 0 fully saturated rings. The van der Waals surface area contributed by atoms with Crippen molar-refractivity contribution in [3.8, 4) is 0 Å². The number of nitrogens with one attached hydrogen (secondary N) is 1. The highest BCUT2D eigenvalue weighted by Crippen LogP contribution is 2.35. The van der Waals surface area contributed by atoms with E-state index in [4.69, 9.17) is 0 Å². The first-order chi connectivity index (χ1) is 8.02. The van der Waals surface area contributed by atoms with E-state index in [1.54, 1.807) is 6.07 Å². The summed E-state index contributed by atoms with van der Waals surface area (Å²) in [5, 5.41) is 2.76. The maximum atomic E-state index is 13.6. The molecule has 1 aromatic rings. The predicted octanol–water partition coefficient (Wildman–Crippen LogP) is 3.15. The van der Waals surface area contributed by atoms with Crippen molar-refractivity contribution in [1.82, 2.24) is 0 Å². The number of benzene rings is 1. The minimum Gasteiger partial charge on any atom is -0.358 e. The Morgan fingerprint density at radius 2 is 2.29 bits per heavy atom. The lowest BCUT2D eigenvalue weighted by Crippen LogP contribution is -2.43. The first kappa shape index (κ1) is 12.4. The smallest absolute Gasteiger partial charge is 0.243 e. The molecule has 1 heterocycles. The van der Waals surface area contributed by atoms with Gasteiger partial charge in [0, 0.05) is 12.1 Å².